The minimum absolute atomic E-state index is 0.470. The molecule has 0 spiro atoms. The fourth-order valence-electron chi connectivity index (χ4n) is 3.46. The third kappa shape index (κ3) is 3.70. The molecule has 25 heavy (non-hydrogen) atoms. The van der Waals surface area contributed by atoms with Crippen LogP contribution in [0, 0.1) is 5.92 Å². The van der Waals surface area contributed by atoms with E-state index in [1.165, 1.54) is 25.7 Å². The van der Waals surface area contributed by atoms with Crippen molar-refractivity contribution >= 4 is 6.01 Å². The van der Waals surface area contributed by atoms with Crippen molar-refractivity contribution in [2.75, 3.05) is 5.32 Å². The number of nitrogens with zero attached hydrogens (tertiary/aromatic N) is 5. The number of rotatable bonds is 6. The Labute approximate surface area is 146 Å². The molecule has 1 aliphatic rings. The van der Waals surface area contributed by atoms with Crippen LogP contribution in [0.5, 0.6) is 0 Å². The van der Waals surface area contributed by atoms with E-state index >= 15 is 0 Å². The summed E-state index contributed by atoms with van der Waals surface area (Å²) in [4.78, 5) is 4.06. The first-order valence-electron chi connectivity index (χ1n) is 8.77. The minimum Gasteiger partial charge on any atom is -0.408 e. The number of hydrogen-bond donors (Lipinski definition) is 1. The number of nitrogens with one attached hydrogen (secondary N) is 1. The lowest BCUT2D eigenvalue weighted by Gasteiger charge is -2.04. The first-order valence-corrected chi connectivity index (χ1v) is 8.77. The summed E-state index contributed by atoms with van der Waals surface area (Å²) >= 11 is 0. The zero-order valence-electron chi connectivity index (χ0n) is 14.4. The Morgan fingerprint density at radius 3 is 2.80 bits per heavy atom. The molecule has 0 aromatic carbocycles. The molecule has 0 unspecified atom stereocenters. The Morgan fingerprint density at radius 2 is 2.00 bits per heavy atom. The molecule has 0 atom stereocenters. The van der Waals surface area contributed by atoms with Gasteiger partial charge < -0.3 is 9.73 Å². The van der Waals surface area contributed by atoms with Crippen molar-refractivity contribution in [3.05, 3.63) is 42.2 Å². The van der Waals surface area contributed by atoms with Gasteiger partial charge in [0.2, 0.25) is 5.89 Å². The summed E-state index contributed by atoms with van der Waals surface area (Å²) in [7, 11) is 1.92. The summed E-state index contributed by atoms with van der Waals surface area (Å²) in [5.74, 6) is 1.43. The summed E-state index contributed by atoms with van der Waals surface area (Å²) in [5, 5.41) is 16.1. The van der Waals surface area contributed by atoms with Crippen molar-refractivity contribution in [2.45, 2.75) is 38.6 Å². The van der Waals surface area contributed by atoms with E-state index < -0.39 is 0 Å². The van der Waals surface area contributed by atoms with Crippen molar-refractivity contribution in [1.29, 1.82) is 0 Å². The van der Waals surface area contributed by atoms with Crippen molar-refractivity contribution in [2.24, 2.45) is 13.0 Å². The van der Waals surface area contributed by atoms with Crippen LogP contribution in [0.4, 0.5) is 6.01 Å². The fraction of sp³-hybridized carbons (Fsp3) is 0.444. The van der Waals surface area contributed by atoms with Gasteiger partial charge in [0.1, 0.15) is 0 Å². The van der Waals surface area contributed by atoms with Gasteiger partial charge in [-0.2, -0.15) is 5.10 Å². The molecular weight excluding hydrogens is 316 g/mol. The maximum atomic E-state index is 5.75. The van der Waals surface area contributed by atoms with Gasteiger partial charge in [-0.15, -0.1) is 5.10 Å². The lowest BCUT2D eigenvalue weighted by molar-refractivity contribution is 0.437. The van der Waals surface area contributed by atoms with Gasteiger partial charge in [0.15, 0.2) is 0 Å². The minimum atomic E-state index is 0.470. The van der Waals surface area contributed by atoms with E-state index in [-0.39, 0.29) is 0 Å². The second-order valence-corrected chi connectivity index (χ2v) is 6.62. The zero-order chi connectivity index (χ0) is 17.1. The van der Waals surface area contributed by atoms with E-state index in [9.17, 15) is 0 Å². The number of aryl methyl sites for hydroxylation is 1. The van der Waals surface area contributed by atoms with Crippen LogP contribution in [0.2, 0.25) is 0 Å². The first-order chi connectivity index (χ1) is 12.3. The smallest absolute Gasteiger partial charge is 0.315 e. The van der Waals surface area contributed by atoms with Crippen molar-refractivity contribution in [3.63, 3.8) is 0 Å². The number of hydrogen-bond acceptors (Lipinski definition) is 6. The number of pyridine rings is 1. The molecule has 3 aromatic rings. The molecule has 7 nitrogen and oxygen atoms in total. The summed E-state index contributed by atoms with van der Waals surface area (Å²) in [6, 6.07) is 4.38. The van der Waals surface area contributed by atoms with Crippen molar-refractivity contribution < 1.29 is 4.42 Å². The highest BCUT2D eigenvalue weighted by molar-refractivity contribution is 5.62. The van der Waals surface area contributed by atoms with Crippen molar-refractivity contribution in [3.8, 4) is 11.3 Å². The molecule has 0 amide bonds. The van der Waals surface area contributed by atoms with E-state index in [0.717, 1.165) is 29.1 Å². The average Bonchev–Trinajstić information content (AvgIpc) is 3.36. The van der Waals surface area contributed by atoms with Gasteiger partial charge in [-0.05, 0) is 30.9 Å². The molecule has 0 radical (unpaired) electrons. The molecule has 1 fully saturated rings. The van der Waals surface area contributed by atoms with E-state index in [1.807, 2.05) is 30.1 Å². The van der Waals surface area contributed by atoms with Gasteiger partial charge in [0.25, 0.3) is 0 Å². The summed E-state index contributed by atoms with van der Waals surface area (Å²) in [6.45, 7) is 0.580. The summed E-state index contributed by atoms with van der Waals surface area (Å²) in [6.07, 6.45) is 11.6. The van der Waals surface area contributed by atoms with Crippen LogP contribution in [-0.4, -0.2) is 25.0 Å². The van der Waals surface area contributed by atoms with Gasteiger partial charge in [0, 0.05) is 49.7 Å². The molecule has 7 heteroatoms. The molecule has 3 aromatic heterocycles. The predicted octanol–water partition coefficient (Wildman–Crippen LogP) is 3.21. The Hall–Kier alpha value is -2.70. The molecule has 130 valence electrons. The maximum absolute atomic E-state index is 5.75. The van der Waals surface area contributed by atoms with Crippen LogP contribution < -0.4 is 5.32 Å². The first kappa shape index (κ1) is 15.8. The molecule has 0 aliphatic heterocycles. The van der Waals surface area contributed by atoms with Gasteiger partial charge >= 0.3 is 6.01 Å². The van der Waals surface area contributed by atoms with E-state index in [0.29, 0.717) is 18.5 Å². The van der Waals surface area contributed by atoms with Crippen LogP contribution in [0.1, 0.15) is 37.1 Å². The Morgan fingerprint density at radius 1 is 1.20 bits per heavy atom. The molecule has 0 saturated heterocycles. The highest BCUT2D eigenvalue weighted by Gasteiger charge is 2.19. The highest BCUT2D eigenvalue weighted by Crippen LogP contribution is 2.28. The standard InChI is InChI=1S/C18H22N6O/c1-24-12-15(17(23-24)14-6-8-19-9-7-14)11-20-18-22-21-16(25-18)10-13-4-2-3-5-13/h6-9,12-13H,2-5,10-11H2,1H3,(H,20,22). The van der Waals surface area contributed by atoms with Crippen LogP contribution >= 0.6 is 0 Å². The maximum Gasteiger partial charge on any atom is 0.315 e. The van der Waals surface area contributed by atoms with Crippen LogP contribution in [0.15, 0.2) is 35.1 Å². The predicted molar refractivity (Wildman–Crippen MR) is 93.7 cm³/mol. The van der Waals surface area contributed by atoms with Crippen molar-refractivity contribution in [1.82, 2.24) is 25.0 Å². The fourth-order valence-corrected chi connectivity index (χ4v) is 3.46. The van der Waals surface area contributed by atoms with Gasteiger partial charge in [-0.1, -0.05) is 17.9 Å². The Kier molecular flexibility index (Phi) is 4.45. The summed E-state index contributed by atoms with van der Waals surface area (Å²) < 4.78 is 7.56. The molecule has 0 bridgehead atoms. The second kappa shape index (κ2) is 7.04. The largest absolute Gasteiger partial charge is 0.408 e. The number of aromatic nitrogens is 5. The lowest BCUT2D eigenvalue weighted by Crippen LogP contribution is -2.00. The SMILES string of the molecule is Cn1cc(CNc2nnc(CC3CCCC3)o2)c(-c2ccncc2)n1. The second-order valence-electron chi connectivity index (χ2n) is 6.62. The molecule has 3 heterocycles. The third-order valence-electron chi connectivity index (χ3n) is 4.69. The zero-order valence-corrected chi connectivity index (χ0v) is 14.4. The van der Waals surface area contributed by atoms with Crippen LogP contribution in [0.3, 0.4) is 0 Å². The van der Waals surface area contributed by atoms with E-state index in [1.54, 1.807) is 12.4 Å². The molecule has 4 rings (SSSR count). The monoisotopic (exact) mass is 338 g/mol. The molecular formula is C18H22N6O. The third-order valence-corrected chi connectivity index (χ3v) is 4.69. The Balaban J connectivity index is 1.42. The average molecular weight is 338 g/mol. The van der Waals surface area contributed by atoms with Gasteiger partial charge in [-0.25, -0.2) is 0 Å². The Bertz CT molecular complexity index is 819. The van der Waals surface area contributed by atoms with Gasteiger partial charge in [0.05, 0.1) is 5.69 Å². The van der Waals surface area contributed by atoms with E-state index in [2.05, 4.69) is 25.6 Å². The molecule has 1 aliphatic carbocycles. The molecule has 1 N–H and O–H groups in total. The van der Waals surface area contributed by atoms with Crippen LogP contribution in [-0.2, 0) is 20.0 Å². The van der Waals surface area contributed by atoms with Crippen LogP contribution in [0.25, 0.3) is 11.3 Å². The normalized spacial score (nSPS) is 14.9. The number of anilines is 1. The lowest BCUT2D eigenvalue weighted by atomic mass is 10.0. The summed E-state index contributed by atoms with van der Waals surface area (Å²) in [5.41, 5.74) is 3.05. The highest BCUT2D eigenvalue weighted by atomic mass is 16.4. The quantitative estimate of drug-likeness (QED) is 0.743. The van der Waals surface area contributed by atoms with Gasteiger partial charge in [-0.3, -0.25) is 9.67 Å². The molecule has 1 saturated carbocycles. The van der Waals surface area contributed by atoms with E-state index in [4.69, 9.17) is 4.42 Å². The topological polar surface area (TPSA) is 81.7 Å².